The molecule has 156 valence electrons. The molecule has 1 fully saturated rings. The largest absolute Gasteiger partial charge is 0.493 e. The number of rotatable bonds is 5. The van der Waals surface area contributed by atoms with E-state index in [0.717, 1.165) is 11.1 Å². The zero-order chi connectivity index (χ0) is 21.1. The summed E-state index contributed by atoms with van der Waals surface area (Å²) in [5.41, 5.74) is 2.35. The zero-order valence-electron chi connectivity index (χ0n) is 17.2. The average Bonchev–Trinajstić information content (AvgIpc) is 2.81. The Balaban J connectivity index is 1.65. The number of ether oxygens (including phenoxy) is 3. The first-order valence-electron chi connectivity index (χ1n) is 9.67. The molecule has 3 aromatic rings. The first-order chi connectivity index (χ1) is 14.6. The molecule has 1 unspecified atom stereocenters. The standard InChI is InChI=1S/C22H24N4O4/c1-25-21(27)13-17(15-6-8-23-9-7-15)24-22(25)26-10-11-30-20(14-26)16-4-5-18(28-2)19(12-16)29-3/h4-9,12-13,20H,10-11,14H2,1-3H3. The van der Waals surface area contributed by atoms with Crippen LogP contribution in [0.2, 0.25) is 0 Å². The quantitative estimate of drug-likeness (QED) is 0.642. The van der Waals surface area contributed by atoms with Crippen molar-refractivity contribution < 1.29 is 14.2 Å². The van der Waals surface area contributed by atoms with Gasteiger partial charge in [-0.25, -0.2) is 4.98 Å². The summed E-state index contributed by atoms with van der Waals surface area (Å²) in [7, 11) is 4.96. The molecular weight excluding hydrogens is 384 g/mol. The molecule has 2 aromatic heterocycles. The lowest BCUT2D eigenvalue weighted by molar-refractivity contribution is 0.0388. The minimum absolute atomic E-state index is 0.110. The van der Waals surface area contributed by atoms with Gasteiger partial charge in [0, 0.05) is 37.6 Å². The monoisotopic (exact) mass is 408 g/mol. The number of benzene rings is 1. The number of anilines is 1. The summed E-state index contributed by atoms with van der Waals surface area (Å²) in [5, 5.41) is 0. The molecule has 0 bridgehead atoms. The van der Waals surface area contributed by atoms with Crippen LogP contribution in [-0.4, -0.2) is 48.5 Å². The highest BCUT2D eigenvalue weighted by molar-refractivity contribution is 5.59. The Bertz CT molecular complexity index is 1080. The van der Waals surface area contributed by atoms with Crippen molar-refractivity contribution in [2.45, 2.75) is 6.10 Å². The third-order valence-corrected chi connectivity index (χ3v) is 5.22. The second-order valence-corrected chi connectivity index (χ2v) is 6.99. The van der Waals surface area contributed by atoms with Crippen LogP contribution in [0, 0.1) is 0 Å². The minimum atomic E-state index is -0.181. The normalized spacial score (nSPS) is 16.4. The van der Waals surface area contributed by atoms with Gasteiger partial charge in [-0.15, -0.1) is 0 Å². The van der Waals surface area contributed by atoms with Crippen molar-refractivity contribution in [2.24, 2.45) is 7.05 Å². The van der Waals surface area contributed by atoms with Crippen LogP contribution in [0.15, 0.2) is 53.6 Å². The smallest absolute Gasteiger partial charge is 0.255 e. The molecule has 0 spiro atoms. The van der Waals surface area contributed by atoms with Crippen molar-refractivity contribution in [1.29, 1.82) is 0 Å². The van der Waals surface area contributed by atoms with Gasteiger partial charge in [-0.1, -0.05) is 6.07 Å². The first kappa shape index (κ1) is 19.9. The number of morpholine rings is 1. The Hall–Kier alpha value is -3.39. The summed E-state index contributed by atoms with van der Waals surface area (Å²) >= 11 is 0. The fourth-order valence-electron chi connectivity index (χ4n) is 3.57. The number of aromatic nitrogens is 3. The van der Waals surface area contributed by atoms with E-state index in [-0.39, 0.29) is 11.7 Å². The Morgan fingerprint density at radius 1 is 1.07 bits per heavy atom. The van der Waals surface area contributed by atoms with Crippen LogP contribution < -0.4 is 19.9 Å². The van der Waals surface area contributed by atoms with Gasteiger partial charge in [0.1, 0.15) is 6.10 Å². The Labute approximate surface area is 174 Å². The maximum Gasteiger partial charge on any atom is 0.255 e. The highest BCUT2D eigenvalue weighted by Gasteiger charge is 2.26. The first-order valence-corrected chi connectivity index (χ1v) is 9.67. The van der Waals surface area contributed by atoms with Crippen molar-refractivity contribution in [1.82, 2.24) is 14.5 Å². The van der Waals surface area contributed by atoms with Crippen LogP contribution in [0.25, 0.3) is 11.3 Å². The highest BCUT2D eigenvalue weighted by atomic mass is 16.5. The lowest BCUT2D eigenvalue weighted by Gasteiger charge is -2.34. The van der Waals surface area contributed by atoms with Crippen LogP contribution in [0.5, 0.6) is 11.5 Å². The molecule has 1 aliphatic heterocycles. The van der Waals surface area contributed by atoms with Crippen molar-refractivity contribution in [3.63, 3.8) is 0 Å². The van der Waals surface area contributed by atoms with Crippen LogP contribution in [0.1, 0.15) is 11.7 Å². The van der Waals surface area contributed by atoms with E-state index in [1.807, 2.05) is 30.3 Å². The molecule has 8 heteroatoms. The Morgan fingerprint density at radius 2 is 1.83 bits per heavy atom. The SMILES string of the molecule is COc1ccc(C2CN(c3nc(-c4ccncc4)cc(=O)n3C)CCO2)cc1OC. The molecule has 0 N–H and O–H groups in total. The fraction of sp³-hybridized carbons (Fsp3) is 0.318. The van der Waals surface area contributed by atoms with Crippen LogP contribution in [-0.2, 0) is 11.8 Å². The summed E-state index contributed by atoms with van der Waals surface area (Å²) in [5.74, 6) is 1.94. The number of hydrogen-bond donors (Lipinski definition) is 0. The Kier molecular flexibility index (Phi) is 5.67. The molecule has 1 aromatic carbocycles. The summed E-state index contributed by atoms with van der Waals surface area (Å²) in [4.78, 5) is 23.5. The molecule has 0 amide bonds. The molecule has 1 atom stereocenters. The number of pyridine rings is 1. The zero-order valence-corrected chi connectivity index (χ0v) is 17.2. The maximum atomic E-state index is 12.6. The number of methoxy groups -OCH3 is 2. The van der Waals surface area contributed by atoms with E-state index in [2.05, 4.69) is 9.88 Å². The summed E-state index contributed by atoms with van der Waals surface area (Å²) < 4.78 is 18.3. The van der Waals surface area contributed by atoms with Gasteiger partial charge >= 0.3 is 0 Å². The molecule has 0 radical (unpaired) electrons. The second kappa shape index (κ2) is 8.54. The van der Waals surface area contributed by atoms with E-state index in [1.165, 1.54) is 0 Å². The van der Waals surface area contributed by atoms with Gasteiger partial charge in [0.05, 0.1) is 33.1 Å². The summed E-state index contributed by atoms with van der Waals surface area (Å²) in [6.07, 6.45) is 3.20. The third-order valence-electron chi connectivity index (χ3n) is 5.22. The van der Waals surface area contributed by atoms with Crippen molar-refractivity contribution >= 4 is 5.95 Å². The molecule has 1 aliphatic rings. The van der Waals surface area contributed by atoms with Crippen molar-refractivity contribution in [3.8, 4) is 22.8 Å². The third kappa shape index (κ3) is 3.86. The summed E-state index contributed by atoms with van der Waals surface area (Å²) in [6.45, 7) is 1.73. The van der Waals surface area contributed by atoms with Gasteiger partial charge in [0.25, 0.3) is 5.56 Å². The lowest BCUT2D eigenvalue weighted by Crippen LogP contribution is -2.41. The maximum absolute atomic E-state index is 12.6. The highest BCUT2D eigenvalue weighted by Crippen LogP contribution is 2.33. The van der Waals surface area contributed by atoms with Crippen LogP contribution in [0.3, 0.4) is 0 Å². The number of nitrogens with zero attached hydrogens (tertiary/aromatic N) is 4. The molecule has 30 heavy (non-hydrogen) atoms. The van der Waals surface area contributed by atoms with Crippen LogP contribution in [0.4, 0.5) is 5.95 Å². The van der Waals surface area contributed by atoms with Gasteiger partial charge < -0.3 is 19.1 Å². The fourth-order valence-corrected chi connectivity index (χ4v) is 3.57. The molecule has 0 saturated carbocycles. The predicted molar refractivity (Wildman–Crippen MR) is 113 cm³/mol. The average molecular weight is 408 g/mol. The summed E-state index contributed by atoms with van der Waals surface area (Å²) in [6, 6.07) is 11.0. The van der Waals surface area contributed by atoms with E-state index < -0.39 is 0 Å². The van der Waals surface area contributed by atoms with Gasteiger partial charge in [0.15, 0.2) is 11.5 Å². The van der Waals surface area contributed by atoms with Crippen molar-refractivity contribution in [3.05, 3.63) is 64.7 Å². The van der Waals surface area contributed by atoms with Gasteiger partial charge in [-0.2, -0.15) is 0 Å². The van der Waals surface area contributed by atoms with Crippen LogP contribution >= 0.6 is 0 Å². The van der Waals surface area contributed by atoms with E-state index in [9.17, 15) is 4.79 Å². The molecular formula is C22H24N4O4. The molecule has 4 rings (SSSR count). The molecule has 0 aliphatic carbocycles. The van der Waals surface area contributed by atoms with E-state index in [1.54, 1.807) is 44.3 Å². The van der Waals surface area contributed by atoms with E-state index in [4.69, 9.17) is 19.2 Å². The minimum Gasteiger partial charge on any atom is -0.493 e. The topological polar surface area (TPSA) is 78.7 Å². The molecule has 1 saturated heterocycles. The van der Waals surface area contributed by atoms with Gasteiger partial charge in [-0.05, 0) is 29.8 Å². The second-order valence-electron chi connectivity index (χ2n) is 6.99. The van der Waals surface area contributed by atoms with Crippen molar-refractivity contribution in [2.75, 3.05) is 38.8 Å². The van der Waals surface area contributed by atoms with E-state index >= 15 is 0 Å². The predicted octanol–water partition coefficient (Wildman–Crippen LogP) is 2.44. The Morgan fingerprint density at radius 3 is 2.57 bits per heavy atom. The van der Waals surface area contributed by atoms with Gasteiger partial charge in [0.2, 0.25) is 5.95 Å². The molecule has 8 nitrogen and oxygen atoms in total. The van der Waals surface area contributed by atoms with Gasteiger partial charge in [-0.3, -0.25) is 14.3 Å². The van der Waals surface area contributed by atoms with E-state index in [0.29, 0.717) is 42.8 Å². The lowest BCUT2D eigenvalue weighted by atomic mass is 10.1. The number of hydrogen-bond acceptors (Lipinski definition) is 7. The molecule has 3 heterocycles.